The van der Waals surface area contributed by atoms with Crippen LogP contribution in [0.15, 0.2) is 0 Å². The van der Waals surface area contributed by atoms with Gasteiger partial charge >= 0.3 is 0 Å². The van der Waals surface area contributed by atoms with Crippen molar-refractivity contribution in [2.75, 3.05) is 19.7 Å². The third-order valence-electron chi connectivity index (χ3n) is 2.18. The lowest BCUT2D eigenvalue weighted by molar-refractivity contribution is -0.133. The zero-order chi connectivity index (χ0) is 7.68. The number of hydrogen-bond acceptors (Lipinski definition) is 3. The molecule has 2 unspecified atom stereocenters. The first-order valence-electron chi connectivity index (χ1n) is 4.00. The van der Waals surface area contributed by atoms with Gasteiger partial charge in [0, 0.05) is 13.1 Å². The highest BCUT2D eigenvalue weighted by atomic mass is 16.5. The Labute approximate surface area is 65.3 Å². The maximum Gasteiger partial charge on any atom is 0.239 e. The fourth-order valence-electron chi connectivity index (χ4n) is 1.61. The molecular weight excluding hydrogens is 144 g/mol. The molecule has 0 radical (unpaired) electrons. The largest absolute Gasteiger partial charge is 0.375 e. The molecule has 2 saturated heterocycles. The summed E-state index contributed by atoms with van der Waals surface area (Å²) in [6.45, 7) is 2.27. The van der Waals surface area contributed by atoms with Gasteiger partial charge in [-0.25, -0.2) is 0 Å². The summed E-state index contributed by atoms with van der Waals surface area (Å²) in [5.74, 6) is 0.0842. The molecule has 0 aromatic heterocycles. The van der Waals surface area contributed by atoms with Gasteiger partial charge in [-0.1, -0.05) is 0 Å². The van der Waals surface area contributed by atoms with Gasteiger partial charge in [-0.15, -0.1) is 0 Å². The van der Waals surface area contributed by atoms with Crippen molar-refractivity contribution in [1.29, 1.82) is 0 Å². The van der Waals surface area contributed by atoms with Crippen LogP contribution in [-0.2, 0) is 9.53 Å². The van der Waals surface area contributed by atoms with Gasteiger partial charge < -0.3 is 15.4 Å². The molecule has 2 fully saturated rings. The summed E-state index contributed by atoms with van der Waals surface area (Å²) < 4.78 is 5.43. The van der Waals surface area contributed by atoms with E-state index in [0.717, 1.165) is 26.1 Å². The van der Waals surface area contributed by atoms with E-state index in [1.54, 1.807) is 0 Å². The molecular formula is C7H12N2O2. The Morgan fingerprint density at radius 1 is 1.45 bits per heavy atom. The van der Waals surface area contributed by atoms with E-state index < -0.39 is 0 Å². The van der Waals surface area contributed by atoms with Gasteiger partial charge in [0.15, 0.2) is 0 Å². The van der Waals surface area contributed by atoms with E-state index in [2.05, 4.69) is 10.6 Å². The van der Waals surface area contributed by atoms with Crippen molar-refractivity contribution in [2.24, 2.45) is 0 Å². The van der Waals surface area contributed by atoms with E-state index in [4.69, 9.17) is 4.74 Å². The lowest BCUT2D eigenvalue weighted by Crippen LogP contribution is -2.60. The Kier molecular flexibility index (Phi) is 1.79. The maximum absolute atomic E-state index is 11.2. The standard InChI is InChI=1S/C7H12N2O2/c10-7-6-5(1-2-9-7)11-4-3-8-6/h5-6,8H,1-4H2,(H,9,10). The highest BCUT2D eigenvalue weighted by Gasteiger charge is 2.34. The molecule has 62 valence electrons. The van der Waals surface area contributed by atoms with Crippen LogP contribution in [0.3, 0.4) is 0 Å². The minimum Gasteiger partial charge on any atom is -0.375 e. The van der Waals surface area contributed by atoms with E-state index in [0.29, 0.717) is 0 Å². The van der Waals surface area contributed by atoms with E-state index >= 15 is 0 Å². The predicted molar refractivity (Wildman–Crippen MR) is 39.2 cm³/mol. The Hall–Kier alpha value is -0.610. The van der Waals surface area contributed by atoms with Gasteiger partial charge in [0.2, 0.25) is 5.91 Å². The molecule has 2 N–H and O–H groups in total. The first-order chi connectivity index (χ1) is 5.38. The van der Waals surface area contributed by atoms with Gasteiger partial charge in [-0.3, -0.25) is 4.79 Å². The fourth-order valence-corrected chi connectivity index (χ4v) is 1.61. The molecule has 4 heteroatoms. The fraction of sp³-hybridized carbons (Fsp3) is 0.857. The Balaban J connectivity index is 2.05. The van der Waals surface area contributed by atoms with Crippen molar-refractivity contribution < 1.29 is 9.53 Å². The van der Waals surface area contributed by atoms with Crippen LogP contribution in [0, 0.1) is 0 Å². The van der Waals surface area contributed by atoms with Crippen LogP contribution in [0.4, 0.5) is 0 Å². The molecule has 2 heterocycles. The number of ether oxygens (including phenoxy) is 1. The van der Waals surface area contributed by atoms with Gasteiger partial charge in [-0.2, -0.15) is 0 Å². The Morgan fingerprint density at radius 3 is 3.18 bits per heavy atom. The summed E-state index contributed by atoms with van der Waals surface area (Å²) in [5, 5.41) is 5.93. The van der Waals surface area contributed by atoms with Crippen molar-refractivity contribution >= 4 is 5.91 Å². The number of hydrogen-bond donors (Lipinski definition) is 2. The lowest BCUT2D eigenvalue weighted by Gasteiger charge is -2.35. The number of carbonyl (C=O) groups is 1. The summed E-state index contributed by atoms with van der Waals surface area (Å²) in [5.41, 5.74) is 0. The van der Waals surface area contributed by atoms with Crippen molar-refractivity contribution in [2.45, 2.75) is 18.6 Å². The van der Waals surface area contributed by atoms with Gasteiger partial charge in [-0.05, 0) is 6.42 Å². The summed E-state index contributed by atoms with van der Waals surface area (Å²) in [7, 11) is 0. The molecule has 2 rings (SSSR count). The van der Waals surface area contributed by atoms with Gasteiger partial charge in [0.05, 0.1) is 12.7 Å². The topological polar surface area (TPSA) is 50.4 Å². The van der Waals surface area contributed by atoms with Crippen LogP contribution in [0.2, 0.25) is 0 Å². The highest BCUT2D eigenvalue weighted by molar-refractivity contribution is 5.83. The third-order valence-corrected chi connectivity index (χ3v) is 2.18. The van der Waals surface area contributed by atoms with Crippen LogP contribution in [-0.4, -0.2) is 37.7 Å². The van der Waals surface area contributed by atoms with Crippen LogP contribution in [0.1, 0.15) is 6.42 Å². The van der Waals surface area contributed by atoms with Crippen LogP contribution in [0.25, 0.3) is 0 Å². The molecule has 0 aromatic rings. The van der Waals surface area contributed by atoms with Crippen LogP contribution in [0.5, 0.6) is 0 Å². The minimum atomic E-state index is -0.0995. The highest BCUT2D eigenvalue weighted by Crippen LogP contribution is 2.11. The van der Waals surface area contributed by atoms with E-state index in [9.17, 15) is 4.79 Å². The number of fused-ring (bicyclic) bond motifs is 1. The number of morpholine rings is 1. The second kappa shape index (κ2) is 2.79. The summed E-state index contributed by atoms with van der Waals surface area (Å²) in [4.78, 5) is 11.2. The average Bonchev–Trinajstić information content (AvgIpc) is 2.06. The van der Waals surface area contributed by atoms with Crippen LogP contribution < -0.4 is 10.6 Å². The van der Waals surface area contributed by atoms with E-state index in [-0.39, 0.29) is 18.1 Å². The normalized spacial score (nSPS) is 37.6. The van der Waals surface area contributed by atoms with Crippen molar-refractivity contribution in [3.8, 4) is 0 Å². The number of rotatable bonds is 0. The molecule has 11 heavy (non-hydrogen) atoms. The maximum atomic E-state index is 11.2. The summed E-state index contributed by atoms with van der Waals surface area (Å²) in [6, 6.07) is -0.0995. The minimum absolute atomic E-state index is 0.0842. The third kappa shape index (κ3) is 1.23. The number of amides is 1. The van der Waals surface area contributed by atoms with Crippen LogP contribution >= 0.6 is 0 Å². The van der Waals surface area contributed by atoms with E-state index in [1.807, 2.05) is 0 Å². The molecule has 2 aliphatic rings. The summed E-state index contributed by atoms with van der Waals surface area (Å²) >= 11 is 0. The number of piperidine rings is 1. The monoisotopic (exact) mass is 156 g/mol. The molecule has 0 aromatic carbocycles. The Morgan fingerprint density at radius 2 is 2.36 bits per heavy atom. The molecule has 0 bridgehead atoms. The smallest absolute Gasteiger partial charge is 0.239 e. The molecule has 0 saturated carbocycles. The van der Waals surface area contributed by atoms with Crippen molar-refractivity contribution in [1.82, 2.24) is 10.6 Å². The second-order valence-electron chi connectivity index (χ2n) is 2.92. The van der Waals surface area contributed by atoms with Crippen molar-refractivity contribution in [3.63, 3.8) is 0 Å². The number of nitrogens with one attached hydrogen (secondary N) is 2. The lowest BCUT2D eigenvalue weighted by atomic mass is 10.0. The second-order valence-corrected chi connectivity index (χ2v) is 2.92. The molecule has 4 nitrogen and oxygen atoms in total. The molecule has 0 spiro atoms. The van der Waals surface area contributed by atoms with E-state index in [1.165, 1.54) is 0 Å². The quantitative estimate of drug-likeness (QED) is 0.466. The molecule has 1 amide bonds. The zero-order valence-electron chi connectivity index (χ0n) is 6.30. The summed E-state index contributed by atoms with van der Waals surface area (Å²) in [6.07, 6.45) is 1.04. The molecule has 0 aliphatic carbocycles. The first-order valence-corrected chi connectivity index (χ1v) is 4.00. The first kappa shape index (κ1) is 7.06. The Bertz CT molecular complexity index is 170. The molecule has 2 aliphatic heterocycles. The van der Waals surface area contributed by atoms with Crippen molar-refractivity contribution in [3.05, 3.63) is 0 Å². The molecule has 2 atom stereocenters. The predicted octanol–water partition coefficient (Wildman–Crippen LogP) is -1.14. The number of carbonyl (C=O) groups excluding carboxylic acids is 1. The average molecular weight is 156 g/mol. The van der Waals surface area contributed by atoms with Gasteiger partial charge in [0.25, 0.3) is 0 Å². The van der Waals surface area contributed by atoms with Gasteiger partial charge in [0.1, 0.15) is 6.04 Å². The zero-order valence-corrected chi connectivity index (χ0v) is 6.30. The SMILES string of the molecule is O=C1NCCC2OCCNC12.